The quantitative estimate of drug-likeness (QED) is 0.702. The van der Waals surface area contributed by atoms with Crippen LogP contribution in [0.5, 0.6) is 0 Å². The summed E-state index contributed by atoms with van der Waals surface area (Å²) >= 11 is 1.60. The number of aliphatic hydroxyl groups is 1. The standard InChI is InChI=1S/C18H22N4OS/c19-10-12-15(21)22-16(24-14-6-2-5-9-18(14,22)23)13(11-20)17(12)7-3-1-4-8-17/h14,23H,1-9,21H2/t14-,18-/m1/s1. The zero-order chi connectivity index (χ0) is 16.9. The van der Waals surface area contributed by atoms with Gasteiger partial charge in [-0.15, -0.1) is 0 Å². The maximum atomic E-state index is 11.3. The highest BCUT2D eigenvalue weighted by atomic mass is 32.2. The topological polar surface area (TPSA) is 97.1 Å². The molecule has 1 saturated heterocycles. The first-order valence-electron chi connectivity index (χ1n) is 8.83. The van der Waals surface area contributed by atoms with Gasteiger partial charge in [0.15, 0.2) is 5.72 Å². The molecule has 4 rings (SSSR count). The first kappa shape index (κ1) is 15.9. The summed E-state index contributed by atoms with van der Waals surface area (Å²) in [6.07, 6.45) is 8.35. The molecule has 6 heteroatoms. The van der Waals surface area contributed by atoms with Gasteiger partial charge in [-0.25, -0.2) is 0 Å². The van der Waals surface area contributed by atoms with Crippen LogP contribution in [0.4, 0.5) is 0 Å². The Bertz CT molecular complexity index is 722. The van der Waals surface area contributed by atoms with Gasteiger partial charge in [0.1, 0.15) is 5.82 Å². The van der Waals surface area contributed by atoms with Gasteiger partial charge in [0.05, 0.1) is 33.6 Å². The van der Waals surface area contributed by atoms with Crippen LogP contribution in [0.25, 0.3) is 0 Å². The predicted molar refractivity (Wildman–Crippen MR) is 91.6 cm³/mol. The molecule has 0 bridgehead atoms. The number of rotatable bonds is 0. The number of hydrogen-bond donors (Lipinski definition) is 2. The van der Waals surface area contributed by atoms with E-state index in [1.165, 1.54) is 0 Å². The summed E-state index contributed by atoms with van der Waals surface area (Å²) in [7, 11) is 0. The number of nitrogens with zero attached hydrogens (tertiary/aromatic N) is 3. The Morgan fingerprint density at radius 3 is 2.38 bits per heavy atom. The molecular weight excluding hydrogens is 320 g/mol. The lowest BCUT2D eigenvalue weighted by Crippen LogP contribution is -2.54. The van der Waals surface area contributed by atoms with E-state index in [1.54, 1.807) is 16.7 Å². The van der Waals surface area contributed by atoms with Crippen molar-refractivity contribution in [1.29, 1.82) is 10.5 Å². The lowest BCUT2D eigenvalue weighted by Gasteiger charge is -2.47. The normalized spacial score (nSPS) is 34.6. The van der Waals surface area contributed by atoms with Crippen LogP contribution >= 0.6 is 11.8 Å². The average Bonchev–Trinajstić information content (AvgIpc) is 2.89. The van der Waals surface area contributed by atoms with Crippen LogP contribution in [-0.2, 0) is 0 Å². The largest absolute Gasteiger partial charge is 0.384 e. The fraction of sp³-hybridized carbons (Fsp3) is 0.667. The van der Waals surface area contributed by atoms with Crippen LogP contribution in [-0.4, -0.2) is 21.0 Å². The van der Waals surface area contributed by atoms with E-state index in [9.17, 15) is 15.6 Å². The third-order valence-corrected chi connectivity index (χ3v) is 7.73. The summed E-state index contributed by atoms with van der Waals surface area (Å²) in [5, 5.41) is 32.0. The Balaban J connectivity index is 1.94. The molecular formula is C18H22N4OS. The van der Waals surface area contributed by atoms with Crippen LogP contribution in [0, 0.1) is 28.1 Å². The minimum Gasteiger partial charge on any atom is -0.384 e. The van der Waals surface area contributed by atoms with Crippen LogP contribution in [0.2, 0.25) is 0 Å². The van der Waals surface area contributed by atoms with E-state index in [0.717, 1.165) is 56.4 Å². The summed E-state index contributed by atoms with van der Waals surface area (Å²) in [6, 6.07) is 4.72. The molecule has 0 amide bonds. The Labute approximate surface area is 146 Å². The van der Waals surface area contributed by atoms with Crippen molar-refractivity contribution in [3.63, 3.8) is 0 Å². The van der Waals surface area contributed by atoms with Crippen LogP contribution in [0.15, 0.2) is 22.0 Å². The maximum Gasteiger partial charge on any atom is 0.156 e. The van der Waals surface area contributed by atoms with Gasteiger partial charge in [0.2, 0.25) is 0 Å². The van der Waals surface area contributed by atoms with Crippen molar-refractivity contribution >= 4 is 11.8 Å². The van der Waals surface area contributed by atoms with E-state index in [1.807, 2.05) is 0 Å². The molecule has 2 aliphatic carbocycles. The van der Waals surface area contributed by atoms with Crippen LogP contribution < -0.4 is 5.73 Å². The lowest BCUT2D eigenvalue weighted by atomic mass is 9.64. The summed E-state index contributed by atoms with van der Waals surface area (Å²) < 4.78 is 0. The molecule has 0 aromatic rings. The zero-order valence-corrected chi connectivity index (χ0v) is 14.5. The molecule has 0 aromatic carbocycles. The fourth-order valence-corrected chi connectivity index (χ4v) is 6.72. The van der Waals surface area contributed by atoms with Gasteiger partial charge in [0, 0.05) is 5.41 Å². The van der Waals surface area contributed by atoms with Crippen LogP contribution in [0.1, 0.15) is 57.8 Å². The predicted octanol–water partition coefficient (Wildman–Crippen LogP) is 3.06. The lowest BCUT2D eigenvalue weighted by molar-refractivity contribution is -0.0841. The molecule has 1 spiro atoms. The first-order chi connectivity index (χ1) is 11.6. The third kappa shape index (κ3) is 1.84. The summed E-state index contributed by atoms with van der Waals surface area (Å²) in [5.74, 6) is 0.382. The van der Waals surface area contributed by atoms with Crippen LogP contribution in [0.3, 0.4) is 0 Å². The molecule has 0 aromatic heterocycles. The number of thioether (sulfide) groups is 1. The minimum atomic E-state index is -1.05. The summed E-state index contributed by atoms with van der Waals surface area (Å²) in [6.45, 7) is 0. The van der Waals surface area contributed by atoms with Crippen molar-refractivity contribution in [3.8, 4) is 12.1 Å². The Morgan fingerprint density at radius 1 is 1.04 bits per heavy atom. The van der Waals surface area contributed by atoms with Gasteiger partial charge in [0.25, 0.3) is 0 Å². The van der Waals surface area contributed by atoms with Gasteiger partial charge >= 0.3 is 0 Å². The Kier molecular flexibility index (Phi) is 3.60. The third-order valence-electron chi connectivity index (χ3n) is 6.22. The first-order valence-corrected chi connectivity index (χ1v) is 9.71. The highest BCUT2D eigenvalue weighted by molar-refractivity contribution is 8.04. The van der Waals surface area contributed by atoms with E-state index in [0.29, 0.717) is 23.4 Å². The minimum absolute atomic E-state index is 0.0295. The molecule has 2 aliphatic heterocycles. The highest BCUT2D eigenvalue weighted by Gasteiger charge is 2.59. The van der Waals surface area contributed by atoms with E-state index < -0.39 is 11.1 Å². The second-order valence-electron chi connectivity index (χ2n) is 7.37. The number of allylic oxidation sites excluding steroid dienone is 2. The van der Waals surface area contributed by atoms with Gasteiger partial charge < -0.3 is 10.8 Å². The molecule has 0 radical (unpaired) electrons. The average molecular weight is 342 g/mol. The molecule has 5 nitrogen and oxygen atoms in total. The van der Waals surface area contributed by atoms with Crippen molar-refractivity contribution in [2.45, 2.75) is 68.8 Å². The van der Waals surface area contributed by atoms with E-state index in [-0.39, 0.29) is 5.25 Å². The van der Waals surface area contributed by atoms with E-state index in [4.69, 9.17) is 5.73 Å². The van der Waals surface area contributed by atoms with Crippen molar-refractivity contribution in [2.24, 2.45) is 11.1 Å². The highest BCUT2D eigenvalue weighted by Crippen LogP contribution is 2.61. The summed E-state index contributed by atoms with van der Waals surface area (Å²) in [5.41, 5.74) is 6.04. The van der Waals surface area contributed by atoms with Gasteiger partial charge in [-0.1, -0.05) is 37.4 Å². The molecule has 4 aliphatic rings. The smallest absolute Gasteiger partial charge is 0.156 e. The molecule has 2 heterocycles. The van der Waals surface area contributed by atoms with Crippen molar-refractivity contribution < 1.29 is 5.11 Å². The maximum absolute atomic E-state index is 11.3. The number of nitriles is 2. The monoisotopic (exact) mass is 342 g/mol. The molecule has 2 saturated carbocycles. The molecule has 0 unspecified atom stereocenters. The number of hydrogen-bond acceptors (Lipinski definition) is 6. The molecule has 3 fully saturated rings. The van der Waals surface area contributed by atoms with Gasteiger partial charge in [-0.2, -0.15) is 10.5 Å². The molecule has 3 N–H and O–H groups in total. The second-order valence-corrected chi connectivity index (χ2v) is 8.56. The number of nitrogens with two attached hydrogens (primary N) is 1. The summed E-state index contributed by atoms with van der Waals surface area (Å²) in [4.78, 5) is 1.73. The second kappa shape index (κ2) is 5.44. The fourth-order valence-electron chi connectivity index (χ4n) is 5.03. The molecule has 2 atom stereocenters. The van der Waals surface area contributed by atoms with Crippen molar-refractivity contribution in [2.75, 3.05) is 0 Å². The Morgan fingerprint density at radius 2 is 1.71 bits per heavy atom. The molecule has 24 heavy (non-hydrogen) atoms. The van der Waals surface area contributed by atoms with E-state index >= 15 is 0 Å². The van der Waals surface area contributed by atoms with E-state index in [2.05, 4.69) is 12.1 Å². The SMILES string of the molecule is N#CC1=C(N)N2C(=C(C#N)C13CCCCC3)S[C@@H]1CCCC[C@@]12O. The molecule has 126 valence electrons. The van der Waals surface area contributed by atoms with Gasteiger partial charge in [-0.3, -0.25) is 4.90 Å². The van der Waals surface area contributed by atoms with Crippen molar-refractivity contribution in [1.82, 2.24) is 4.90 Å². The Hall–Kier alpha value is -1.63. The van der Waals surface area contributed by atoms with Gasteiger partial charge in [-0.05, 0) is 32.1 Å². The number of fused-ring (bicyclic) bond motifs is 3. The van der Waals surface area contributed by atoms with Crippen molar-refractivity contribution in [3.05, 3.63) is 22.0 Å². The zero-order valence-electron chi connectivity index (χ0n) is 13.7.